The Morgan fingerprint density at radius 1 is 1.47 bits per heavy atom. The first-order chi connectivity index (χ1) is 8.08. The summed E-state index contributed by atoms with van der Waals surface area (Å²) in [5.74, 6) is 0.0733. The van der Waals surface area contributed by atoms with Gasteiger partial charge in [-0.1, -0.05) is 13.0 Å². The van der Waals surface area contributed by atoms with Crippen LogP contribution in [0.4, 0.5) is 0 Å². The maximum Gasteiger partial charge on any atom is 0.308 e. The van der Waals surface area contributed by atoms with Gasteiger partial charge in [-0.05, 0) is 31.0 Å². The minimum Gasteiger partial charge on any atom is -0.504 e. The van der Waals surface area contributed by atoms with E-state index in [1.165, 1.54) is 7.11 Å². The van der Waals surface area contributed by atoms with E-state index >= 15 is 0 Å². The first-order valence-electron chi connectivity index (χ1n) is 5.61. The Kier molecular flexibility index (Phi) is 4.82. The Balaban J connectivity index is 2.68. The van der Waals surface area contributed by atoms with E-state index in [1.807, 2.05) is 6.07 Å². The first kappa shape index (κ1) is 13.4. The monoisotopic (exact) mass is 238 g/mol. The molecular formula is C13H18O4. The van der Waals surface area contributed by atoms with E-state index in [0.717, 1.165) is 5.56 Å². The number of rotatable bonds is 5. The van der Waals surface area contributed by atoms with Gasteiger partial charge < -0.3 is 14.6 Å². The van der Waals surface area contributed by atoms with E-state index in [-0.39, 0.29) is 17.6 Å². The number of hydrogen-bond donors (Lipinski definition) is 1. The van der Waals surface area contributed by atoms with Gasteiger partial charge in [0.2, 0.25) is 0 Å². The molecule has 4 heteroatoms. The van der Waals surface area contributed by atoms with Crippen molar-refractivity contribution in [2.24, 2.45) is 5.92 Å². The van der Waals surface area contributed by atoms with E-state index in [1.54, 1.807) is 26.0 Å². The SMILES string of the molecule is CCOC(=O)C(C)Cc1ccc(OC)c(O)c1. The van der Waals surface area contributed by atoms with Crippen molar-refractivity contribution in [3.63, 3.8) is 0 Å². The van der Waals surface area contributed by atoms with Crippen LogP contribution in [0.25, 0.3) is 0 Å². The van der Waals surface area contributed by atoms with E-state index < -0.39 is 0 Å². The van der Waals surface area contributed by atoms with Gasteiger partial charge in [0.1, 0.15) is 0 Å². The molecule has 1 atom stereocenters. The highest BCUT2D eigenvalue weighted by molar-refractivity contribution is 5.72. The summed E-state index contributed by atoms with van der Waals surface area (Å²) >= 11 is 0. The minimum absolute atomic E-state index is 0.0843. The summed E-state index contributed by atoms with van der Waals surface area (Å²) in [5.41, 5.74) is 0.879. The highest BCUT2D eigenvalue weighted by Gasteiger charge is 2.15. The normalized spacial score (nSPS) is 11.9. The highest BCUT2D eigenvalue weighted by Crippen LogP contribution is 2.27. The number of carbonyl (C=O) groups excluding carboxylic acids is 1. The molecule has 0 aliphatic carbocycles. The average Bonchev–Trinajstić information content (AvgIpc) is 2.29. The van der Waals surface area contributed by atoms with E-state index in [4.69, 9.17) is 9.47 Å². The number of hydrogen-bond acceptors (Lipinski definition) is 4. The summed E-state index contributed by atoms with van der Waals surface area (Å²) < 4.78 is 9.87. The van der Waals surface area contributed by atoms with Crippen molar-refractivity contribution in [2.45, 2.75) is 20.3 Å². The van der Waals surface area contributed by atoms with Crippen molar-refractivity contribution in [1.82, 2.24) is 0 Å². The van der Waals surface area contributed by atoms with Crippen LogP contribution >= 0.6 is 0 Å². The average molecular weight is 238 g/mol. The van der Waals surface area contributed by atoms with Crippen molar-refractivity contribution in [1.29, 1.82) is 0 Å². The Morgan fingerprint density at radius 2 is 2.18 bits per heavy atom. The Hall–Kier alpha value is -1.71. The van der Waals surface area contributed by atoms with E-state index in [9.17, 15) is 9.90 Å². The molecular weight excluding hydrogens is 220 g/mol. The van der Waals surface area contributed by atoms with Gasteiger partial charge >= 0.3 is 5.97 Å². The molecule has 0 aliphatic heterocycles. The fraction of sp³-hybridized carbons (Fsp3) is 0.462. The standard InChI is InChI=1S/C13H18O4/c1-4-17-13(15)9(2)7-10-5-6-12(16-3)11(14)8-10/h5-6,8-9,14H,4,7H2,1-3H3. The minimum atomic E-state index is -0.220. The molecule has 1 N–H and O–H groups in total. The van der Waals surface area contributed by atoms with Crippen LogP contribution in [0.3, 0.4) is 0 Å². The quantitative estimate of drug-likeness (QED) is 0.798. The molecule has 1 aromatic carbocycles. The molecule has 17 heavy (non-hydrogen) atoms. The number of phenols is 1. The number of ether oxygens (including phenoxy) is 2. The lowest BCUT2D eigenvalue weighted by Gasteiger charge is -2.11. The highest BCUT2D eigenvalue weighted by atomic mass is 16.5. The molecule has 0 heterocycles. The topological polar surface area (TPSA) is 55.8 Å². The lowest BCUT2D eigenvalue weighted by Crippen LogP contribution is -2.16. The zero-order valence-electron chi connectivity index (χ0n) is 10.4. The molecule has 94 valence electrons. The number of carbonyl (C=O) groups is 1. The fourth-order valence-corrected chi connectivity index (χ4v) is 1.58. The van der Waals surface area contributed by atoms with Crippen molar-refractivity contribution < 1.29 is 19.4 Å². The zero-order valence-corrected chi connectivity index (χ0v) is 10.4. The molecule has 1 unspecified atom stereocenters. The summed E-state index contributed by atoms with van der Waals surface area (Å²) in [7, 11) is 1.50. The van der Waals surface area contributed by atoms with Crippen molar-refractivity contribution in [2.75, 3.05) is 13.7 Å². The molecule has 0 fully saturated rings. The summed E-state index contributed by atoms with van der Waals surface area (Å²) in [4.78, 5) is 11.4. The van der Waals surface area contributed by atoms with Crippen LogP contribution in [-0.2, 0) is 16.0 Å². The molecule has 0 radical (unpaired) electrons. The number of phenolic OH excluding ortho intramolecular Hbond substituents is 1. The maximum atomic E-state index is 11.4. The number of methoxy groups -OCH3 is 1. The van der Waals surface area contributed by atoms with Gasteiger partial charge in [-0.2, -0.15) is 0 Å². The third-order valence-electron chi connectivity index (χ3n) is 2.47. The van der Waals surface area contributed by atoms with Crippen LogP contribution in [-0.4, -0.2) is 24.8 Å². The van der Waals surface area contributed by atoms with Crippen LogP contribution < -0.4 is 4.74 Å². The van der Waals surface area contributed by atoms with Gasteiger partial charge in [0.05, 0.1) is 19.6 Å². The van der Waals surface area contributed by atoms with Crippen LogP contribution in [0, 0.1) is 5.92 Å². The maximum absolute atomic E-state index is 11.4. The Bertz CT molecular complexity index is 387. The van der Waals surface area contributed by atoms with Gasteiger partial charge in [-0.25, -0.2) is 0 Å². The summed E-state index contributed by atoms with van der Waals surface area (Å²) in [6.45, 7) is 3.97. The third kappa shape index (κ3) is 3.66. The molecule has 0 amide bonds. The van der Waals surface area contributed by atoms with Crippen molar-refractivity contribution in [3.8, 4) is 11.5 Å². The molecule has 0 aliphatic rings. The smallest absolute Gasteiger partial charge is 0.308 e. The van der Waals surface area contributed by atoms with E-state index in [0.29, 0.717) is 18.8 Å². The van der Waals surface area contributed by atoms with Gasteiger partial charge in [0.15, 0.2) is 11.5 Å². The molecule has 1 aromatic rings. The summed E-state index contributed by atoms with van der Waals surface area (Å²) in [6, 6.07) is 5.12. The van der Waals surface area contributed by atoms with Gasteiger partial charge in [0.25, 0.3) is 0 Å². The molecule has 0 spiro atoms. The lowest BCUT2D eigenvalue weighted by molar-refractivity contribution is -0.147. The molecule has 0 aromatic heterocycles. The molecule has 0 saturated heterocycles. The molecule has 1 rings (SSSR count). The van der Waals surface area contributed by atoms with E-state index in [2.05, 4.69) is 0 Å². The summed E-state index contributed by atoms with van der Waals surface area (Å²) in [6.07, 6.45) is 0.538. The molecule has 4 nitrogen and oxygen atoms in total. The second-order valence-corrected chi connectivity index (χ2v) is 3.86. The first-order valence-corrected chi connectivity index (χ1v) is 5.61. The third-order valence-corrected chi connectivity index (χ3v) is 2.47. The van der Waals surface area contributed by atoms with Gasteiger partial charge in [-0.3, -0.25) is 4.79 Å². The lowest BCUT2D eigenvalue weighted by atomic mass is 10.0. The number of benzene rings is 1. The molecule has 0 saturated carbocycles. The zero-order chi connectivity index (χ0) is 12.8. The predicted molar refractivity (Wildman–Crippen MR) is 64.2 cm³/mol. The molecule has 0 bridgehead atoms. The van der Waals surface area contributed by atoms with Crippen molar-refractivity contribution >= 4 is 5.97 Å². The second-order valence-electron chi connectivity index (χ2n) is 3.86. The van der Waals surface area contributed by atoms with Crippen molar-refractivity contribution in [3.05, 3.63) is 23.8 Å². The fourth-order valence-electron chi connectivity index (χ4n) is 1.58. The van der Waals surface area contributed by atoms with Crippen LogP contribution in [0.1, 0.15) is 19.4 Å². The Morgan fingerprint density at radius 3 is 2.71 bits per heavy atom. The number of aromatic hydroxyl groups is 1. The summed E-state index contributed by atoms with van der Waals surface area (Å²) in [5, 5.41) is 9.61. The predicted octanol–water partition coefficient (Wildman–Crippen LogP) is 2.14. The largest absolute Gasteiger partial charge is 0.504 e. The van der Waals surface area contributed by atoms with Crippen LogP contribution in [0.15, 0.2) is 18.2 Å². The second kappa shape index (κ2) is 6.13. The van der Waals surface area contributed by atoms with Crippen LogP contribution in [0.5, 0.6) is 11.5 Å². The van der Waals surface area contributed by atoms with Crippen LogP contribution in [0.2, 0.25) is 0 Å². The number of esters is 1. The Labute approximate surface area is 101 Å². The van der Waals surface area contributed by atoms with Gasteiger partial charge in [-0.15, -0.1) is 0 Å². The van der Waals surface area contributed by atoms with Gasteiger partial charge in [0, 0.05) is 0 Å².